The van der Waals surface area contributed by atoms with Crippen molar-refractivity contribution in [2.24, 2.45) is 0 Å². The van der Waals surface area contributed by atoms with E-state index in [0.717, 1.165) is 24.2 Å². The standard InChI is InChI=1S/C20H24N4O3/c1-13-21-12-17(19(23-13)18-5-4-10-24(18)14(2)25)20(26)22-11-15-6-8-16(27-3)9-7-15/h6-9,12,18H,4-5,10-11H2,1-3H3,(H,22,26)/t18-/m1/s1. The van der Waals surface area contributed by atoms with Crippen LogP contribution in [0, 0.1) is 6.92 Å². The van der Waals surface area contributed by atoms with Gasteiger partial charge < -0.3 is 15.0 Å². The number of likely N-dealkylation sites (tertiary alicyclic amines) is 1. The second-order valence-electron chi connectivity index (χ2n) is 6.62. The van der Waals surface area contributed by atoms with E-state index in [4.69, 9.17) is 4.74 Å². The quantitative estimate of drug-likeness (QED) is 0.876. The number of amides is 2. The highest BCUT2D eigenvalue weighted by atomic mass is 16.5. The van der Waals surface area contributed by atoms with E-state index in [1.807, 2.05) is 24.3 Å². The van der Waals surface area contributed by atoms with Gasteiger partial charge in [0.05, 0.1) is 24.4 Å². The molecule has 1 aliphatic heterocycles. The van der Waals surface area contributed by atoms with Crippen molar-refractivity contribution in [3.8, 4) is 5.75 Å². The van der Waals surface area contributed by atoms with Gasteiger partial charge in [-0.15, -0.1) is 0 Å². The average Bonchev–Trinajstić information content (AvgIpc) is 3.16. The Hall–Kier alpha value is -2.96. The summed E-state index contributed by atoms with van der Waals surface area (Å²) in [6.07, 6.45) is 3.26. The SMILES string of the molecule is COc1ccc(CNC(=O)c2cnc(C)nc2[C@H]2CCCN2C(C)=O)cc1. The highest BCUT2D eigenvalue weighted by Crippen LogP contribution is 2.32. The molecule has 0 radical (unpaired) electrons. The van der Waals surface area contributed by atoms with Crippen LogP contribution in [0.1, 0.15) is 53.2 Å². The molecule has 2 amide bonds. The van der Waals surface area contributed by atoms with Gasteiger partial charge in [0, 0.05) is 26.2 Å². The van der Waals surface area contributed by atoms with Crippen LogP contribution < -0.4 is 10.1 Å². The van der Waals surface area contributed by atoms with Crippen LogP contribution >= 0.6 is 0 Å². The lowest BCUT2D eigenvalue weighted by molar-refractivity contribution is -0.129. The van der Waals surface area contributed by atoms with E-state index < -0.39 is 0 Å². The lowest BCUT2D eigenvalue weighted by atomic mass is 10.0. The van der Waals surface area contributed by atoms with Crippen molar-refractivity contribution in [3.05, 3.63) is 53.1 Å². The van der Waals surface area contributed by atoms with Gasteiger partial charge in [-0.1, -0.05) is 12.1 Å². The zero-order valence-corrected chi connectivity index (χ0v) is 15.9. The summed E-state index contributed by atoms with van der Waals surface area (Å²) in [6, 6.07) is 7.34. The minimum atomic E-state index is -0.240. The molecule has 1 aromatic carbocycles. The Morgan fingerprint density at radius 2 is 2.04 bits per heavy atom. The molecular weight excluding hydrogens is 344 g/mol. The number of aryl methyl sites for hydroxylation is 1. The van der Waals surface area contributed by atoms with Crippen LogP contribution in [0.3, 0.4) is 0 Å². The first-order valence-corrected chi connectivity index (χ1v) is 9.01. The van der Waals surface area contributed by atoms with Crippen LogP contribution in [0.5, 0.6) is 5.75 Å². The Morgan fingerprint density at radius 1 is 1.30 bits per heavy atom. The predicted octanol–water partition coefficient (Wildman–Crippen LogP) is 2.41. The molecule has 7 nitrogen and oxygen atoms in total. The third kappa shape index (κ3) is 4.24. The summed E-state index contributed by atoms with van der Waals surface area (Å²) in [4.78, 5) is 35.2. The number of rotatable bonds is 5. The number of hydrogen-bond donors (Lipinski definition) is 1. The van der Waals surface area contributed by atoms with Crippen molar-refractivity contribution in [1.29, 1.82) is 0 Å². The van der Waals surface area contributed by atoms with E-state index >= 15 is 0 Å². The number of nitrogens with zero attached hydrogens (tertiary/aromatic N) is 3. The maximum absolute atomic E-state index is 12.8. The van der Waals surface area contributed by atoms with Crippen molar-refractivity contribution in [3.63, 3.8) is 0 Å². The topological polar surface area (TPSA) is 84.4 Å². The molecule has 0 unspecified atom stereocenters. The number of ether oxygens (including phenoxy) is 1. The van der Waals surface area contributed by atoms with Gasteiger partial charge in [0.1, 0.15) is 11.6 Å². The molecular formula is C20H24N4O3. The number of carbonyl (C=O) groups excluding carboxylic acids is 2. The maximum atomic E-state index is 12.8. The van der Waals surface area contributed by atoms with E-state index in [-0.39, 0.29) is 17.9 Å². The highest BCUT2D eigenvalue weighted by molar-refractivity contribution is 5.95. The third-order valence-corrected chi connectivity index (χ3v) is 4.77. The first-order chi connectivity index (χ1) is 13.0. The fourth-order valence-electron chi connectivity index (χ4n) is 3.37. The molecule has 1 aliphatic rings. The second kappa shape index (κ2) is 8.16. The minimum Gasteiger partial charge on any atom is -0.497 e. The van der Waals surface area contributed by atoms with Gasteiger partial charge >= 0.3 is 0 Å². The zero-order chi connectivity index (χ0) is 19.4. The van der Waals surface area contributed by atoms with Gasteiger partial charge in [-0.05, 0) is 37.5 Å². The summed E-state index contributed by atoms with van der Waals surface area (Å²) >= 11 is 0. The fraction of sp³-hybridized carbons (Fsp3) is 0.400. The van der Waals surface area contributed by atoms with Crippen LogP contribution in [0.15, 0.2) is 30.5 Å². The average molecular weight is 368 g/mol. The summed E-state index contributed by atoms with van der Waals surface area (Å²) in [5.41, 5.74) is 2.01. The molecule has 0 spiro atoms. The van der Waals surface area contributed by atoms with Gasteiger partial charge in [-0.25, -0.2) is 9.97 Å². The third-order valence-electron chi connectivity index (χ3n) is 4.77. The highest BCUT2D eigenvalue weighted by Gasteiger charge is 2.32. The summed E-state index contributed by atoms with van der Waals surface area (Å²) in [5.74, 6) is 1.12. The molecule has 142 valence electrons. The summed E-state index contributed by atoms with van der Waals surface area (Å²) < 4.78 is 5.14. The molecule has 1 aromatic heterocycles. The van der Waals surface area contributed by atoms with E-state index in [1.54, 1.807) is 32.1 Å². The van der Waals surface area contributed by atoms with Crippen molar-refractivity contribution < 1.29 is 14.3 Å². The van der Waals surface area contributed by atoms with Crippen LogP contribution in [-0.2, 0) is 11.3 Å². The minimum absolute atomic E-state index is 0.00152. The van der Waals surface area contributed by atoms with Gasteiger partial charge in [-0.2, -0.15) is 0 Å². The first-order valence-electron chi connectivity index (χ1n) is 9.01. The van der Waals surface area contributed by atoms with E-state index in [0.29, 0.717) is 30.2 Å². The van der Waals surface area contributed by atoms with Crippen molar-refractivity contribution in [2.45, 2.75) is 39.3 Å². The van der Waals surface area contributed by atoms with Crippen molar-refractivity contribution in [1.82, 2.24) is 20.2 Å². The first kappa shape index (κ1) is 18.8. The largest absolute Gasteiger partial charge is 0.497 e. The predicted molar refractivity (Wildman–Crippen MR) is 100 cm³/mol. The van der Waals surface area contributed by atoms with Crippen molar-refractivity contribution >= 4 is 11.8 Å². The van der Waals surface area contributed by atoms with Crippen molar-refractivity contribution in [2.75, 3.05) is 13.7 Å². The normalized spacial score (nSPS) is 16.3. The molecule has 1 N–H and O–H groups in total. The van der Waals surface area contributed by atoms with Crippen LogP contribution in [0.25, 0.3) is 0 Å². The van der Waals surface area contributed by atoms with Crippen LogP contribution in [0.4, 0.5) is 0 Å². The van der Waals surface area contributed by atoms with Gasteiger partial charge in [0.15, 0.2) is 0 Å². The maximum Gasteiger partial charge on any atom is 0.255 e. The Labute approximate surface area is 158 Å². The number of nitrogens with one attached hydrogen (secondary N) is 1. The Balaban J connectivity index is 1.79. The van der Waals surface area contributed by atoms with Gasteiger partial charge in [0.25, 0.3) is 5.91 Å². The Morgan fingerprint density at radius 3 is 2.70 bits per heavy atom. The summed E-state index contributed by atoms with van der Waals surface area (Å²) in [7, 11) is 1.61. The molecule has 2 heterocycles. The molecule has 3 rings (SSSR count). The van der Waals surface area contributed by atoms with Gasteiger partial charge in [0.2, 0.25) is 5.91 Å². The molecule has 0 bridgehead atoms. The second-order valence-corrected chi connectivity index (χ2v) is 6.62. The molecule has 1 fully saturated rings. The number of benzene rings is 1. The zero-order valence-electron chi connectivity index (χ0n) is 15.9. The van der Waals surface area contributed by atoms with E-state index in [2.05, 4.69) is 15.3 Å². The van der Waals surface area contributed by atoms with Crippen LogP contribution in [0.2, 0.25) is 0 Å². The van der Waals surface area contributed by atoms with Gasteiger partial charge in [-0.3, -0.25) is 9.59 Å². The lowest BCUT2D eigenvalue weighted by Gasteiger charge is -2.24. The van der Waals surface area contributed by atoms with E-state index in [9.17, 15) is 9.59 Å². The van der Waals surface area contributed by atoms with E-state index in [1.165, 1.54) is 0 Å². The monoisotopic (exact) mass is 368 g/mol. The molecule has 1 saturated heterocycles. The molecule has 0 saturated carbocycles. The number of carbonyl (C=O) groups is 2. The lowest BCUT2D eigenvalue weighted by Crippen LogP contribution is -2.32. The summed E-state index contributed by atoms with van der Waals surface area (Å²) in [6.45, 7) is 4.42. The number of aromatic nitrogens is 2. The summed E-state index contributed by atoms with van der Waals surface area (Å²) in [5, 5.41) is 2.92. The number of hydrogen-bond acceptors (Lipinski definition) is 5. The number of methoxy groups -OCH3 is 1. The Bertz CT molecular complexity index is 836. The molecule has 7 heteroatoms. The molecule has 0 aliphatic carbocycles. The Kier molecular flexibility index (Phi) is 5.69. The smallest absolute Gasteiger partial charge is 0.255 e. The molecule has 2 aromatic rings. The molecule has 1 atom stereocenters. The molecule has 27 heavy (non-hydrogen) atoms. The fourth-order valence-corrected chi connectivity index (χ4v) is 3.37. The van der Waals surface area contributed by atoms with Crippen LogP contribution in [-0.4, -0.2) is 40.3 Å².